The van der Waals surface area contributed by atoms with Crippen molar-refractivity contribution in [2.45, 2.75) is 95.2 Å². The molecule has 0 saturated carbocycles. The lowest BCUT2D eigenvalue weighted by Gasteiger charge is -2.17. The van der Waals surface area contributed by atoms with Gasteiger partial charge in [-0.15, -0.1) is 0 Å². The fourth-order valence-electron chi connectivity index (χ4n) is 3.01. The van der Waals surface area contributed by atoms with Crippen molar-refractivity contribution < 1.29 is 30.0 Å². The van der Waals surface area contributed by atoms with Crippen molar-refractivity contribution in [3.63, 3.8) is 0 Å². The SMILES string of the molecule is CCCCC/C=C\C[C@@H](O)/C=C\[C@@H](O)[C@@H]1C[C@H](O)[C@@H](CCCC(=O)O)O1. The minimum absolute atomic E-state index is 0.0395. The molecule has 1 aliphatic heterocycles. The van der Waals surface area contributed by atoms with Gasteiger partial charge in [0.05, 0.1) is 30.5 Å². The molecule has 0 amide bonds. The number of carboxylic acid groups (broad SMARTS) is 1. The van der Waals surface area contributed by atoms with Crippen molar-refractivity contribution in [2.24, 2.45) is 0 Å². The summed E-state index contributed by atoms with van der Waals surface area (Å²) in [4.78, 5) is 10.5. The number of aliphatic hydroxyl groups excluding tert-OH is 3. The molecule has 1 saturated heterocycles. The van der Waals surface area contributed by atoms with Crippen LogP contribution in [0.15, 0.2) is 24.3 Å². The van der Waals surface area contributed by atoms with Crippen molar-refractivity contribution in [2.75, 3.05) is 0 Å². The van der Waals surface area contributed by atoms with Gasteiger partial charge in [0, 0.05) is 12.8 Å². The summed E-state index contributed by atoms with van der Waals surface area (Å²) in [5, 5.41) is 38.7. The van der Waals surface area contributed by atoms with Crippen LogP contribution in [0.25, 0.3) is 0 Å². The van der Waals surface area contributed by atoms with Crippen molar-refractivity contribution in [3.05, 3.63) is 24.3 Å². The molecule has 1 rings (SSSR count). The molecule has 0 unspecified atom stereocenters. The third-order valence-corrected chi connectivity index (χ3v) is 4.56. The van der Waals surface area contributed by atoms with Crippen LogP contribution in [0.2, 0.25) is 0 Å². The maximum atomic E-state index is 10.5. The molecule has 1 fully saturated rings. The lowest BCUT2D eigenvalue weighted by Crippen LogP contribution is -2.25. The predicted octanol–water partition coefficient (Wildman–Crippen LogP) is 2.56. The van der Waals surface area contributed by atoms with Crippen molar-refractivity contribution >= 4 is 5.97 Å². The number of aliphatic carboxylic acids is 1. The van der Waals surface area contributed by atoms with E-state index >= 15 is 0 Å². The van der Waals surface area contributed by atoms with E-state index in [2.05, 4.69) is 13.0 Å². The van der Waals surface area contributed by atoms with E-state index in [-0.39, 0.29) is 6.42 Å². The van der Waals surface area contributed by atoms with Crippen LogP contribution in [-0.2, 0) is 9.53 Å². The minimum Gasteiger partial charge on any atom is -0.481 e. The predicted molar refractivity (Wildman–Crippen MR) is 99.8 cm³/mol. The highest BCUT2D eigenvalue weighted by molar-refractivity contribution is 5.66. The first-order valence-corrected chi connectivity index (χ1v) is 9.68. The van der Waals surface area contributed by atoms with E-state index in [1.165, 1.54) is 18.9 Å². The summed E-state index contributed by atoms with van der Waals surface area (Å²) in [5.41, 5.74) is 0. The summed E-state index contributed by atoms with van der Waals surface area (Å²) in [7, 11) is 0. The third-order valence-electron chi connectivity index (χ3n) is 4.56. The zero-order valence-electron chi connectivity index (χ0n) is 15.7. The first-order valence-electron chi connectivity index (χ1n) is 9.68. The molecule has 1 aliphatic rings. The molecule has 0 spiro atoms. The maximum absolute atomic E-state index is 10.5. The molecule has 1 heterocycles. The van der Waals surface area contributed by atoms with Gasteiger partial charge in [-0.05, 0) is 32.1 Å². The third kappa shape index (κ3) is 9.48. The Morgan fingerprint density at radius 1 is 1.19 bits per heavy atom. The van der Waals surface area contributed by atoms with Gasteiger partial charge in [0.2, 0.25) is 0 Å². The Bertz CT molecular complexity index is 448. The Hall–Kier alpha value is -1.21. The van der Waals surface area contributed by atoms with Gasteiger partial charge in [-0.25, -0.2) is 0 Å². The molecule has 0 radical (unpaired) electrons. The highest BCUT2D eigenvalue weighted by atomic mass is 16.5. The standard InChI is InChI=1S/C20H34O6/c1-2-3-4-5-6-7-9-15(21)12-13-16(22)19-14-17(23)18(26-19)10-8-11-20(24)25/h6-7,12-13,15-19,21-23H,2-5,8-11,14H2,1H3,(H,24,25)/b7-6-,13-12-/t15-,16-,17+,18-,19+/m1/s1. The van der Waals surface area contributed by atoms with Gasteiger partial charge in [0.25, 0.3) is 0 Å². The fourth-order valence-corrected chi connectivity index (χ4v) is 3.01. The van der Waals surface area contributed by atoms with Gasteiger partial charge in [-0.3, -0.25) is 4.79 Å². The highest BCUT2D eigenvalue weighted by Crippen LogP contribution is 2.27. The molecule has 150 valence electrons. The number of aliphatic hydroxyl groups is 3. The Labute approximate surface area is 156 Å². The summed E-state index contributed by atoms with van der Waals surface area (Å²) in [6.07, 6.45) is 10.1. The Morgan fingerprint density at radius 3 is 2.65 bits per heavy atom. The lowest BCUT2D eigenvalue weighted by atomic mass is 10.0. The van der Waals surface area contributed by atoms with Crippen LogP contribution < -0.4 is 0 Å². The fraction of sp³-hybridized carbons (Fsp3) is 0.750. The van der Waals surface area contributed by atoms with Crippen LogP contribution in [0.5, 0.6) is 0 Å². The van der Waals surface area contributed by atoms with Gasteiger partial charge >= 0.3 is 5.97 Å². The molecule has 4 N–H and O–H groups in total. The number of unbranched alkanes of at least 4 members (excludes halogenated alkanes) is 3. The molecule has 6 nitrogen and oxygen atoms in total. The van der Waals surface area contributed by atoms with Gasteiger partial charge in [-0.1, -0.05) is 44.1 Å². The molecule has 0 aromatic rings. The number of hydrogen-bond donors (Lipinski definition) is 4. The van der Waals surface area contributed by atoms with Crippen LogP contribution in [-0.4, -0.2) is 56.9 Å². The lowest BCUT2D eigenvalue weighted by molar-refractivity contribution is -0.137. The zero-order valence-corrected chi connectivity index (χ0v) is 15.7. The molecular formula is C20H34O6. The van der Waals surface area contributed by atoms with Crippen molar-refractivity contribution in [1.82, 2.24) is 0 Å². The minimum atomic E-state index is -0.905. The number of ether oxygens (including phenoxy) is 1. The Balaban J connectivity index is 2.29. The number of hydrogen-bond acceptors (Lipinski definition) is 5. The monoisotopic (exact) mass is 370 g/mol. The normalized spacial score (nSPS) is 25.9. The maximum Gasteiger partial charge on any atom is 0.303 e. The summed E-state index contributed by atoms with van der Waals surface area (Å²) < 4.78 is 5.65. The second-order valence-corrected chi connectivity index (χ2v) is 6.95. The molecule has 0 aromatic heterocycles. The number of rotatable bonds is 13. The van der Waals surface area contributed by atoms with Gasteiger partial charge in [0.15, 0.2) is 0 Å². The molecule has 0 aromatic carbocycles. The Morgan fingerprint density at radius 2 is 1.96 bits per heavy atom. The van der Waals surface area contributed by atoms with Crippen molar-refractivity contribution in [1.29, 1.82) is 0 Å². The summed E-state index contributed by atoms with van der Waals surface area (Å²) in [5.74, 6) is -0.870. The van der Waals surface area contributed by atoms with Gasteiger partial charge in [0.1, 0.15) is 0 Å². The Kier molecular flexibility index (Phi) is 11.4. The van der Waals surface area contributed by atoms with E-state index in [9.17, 15) is 20.1 Å². The first kappa shape index (κ1) is 22.8. The molecule has 6 heteroatoms. The number of carbonyl (C=O) groups is 1. The number of carboxylic acids is 1. The van der Waals surface area contributed by atoms with Crippen LogP contribution >= 0.6 is 0 Å². The zero-order chi connectivity index (χ0) is 19.4. The second kappa shape index (κ2) is 13.0. The van der Waals surface area contributed by atoms with E-state index in [1.807, 2.05) is 6.08 Å². The summed E-state index contributed by atoms with van der Waals surface area (Å²) in [6, 6.07) is 0. The largest absolute Gasteiger partial charge is 0.481 e. The number of allylic oxidation sites excluding steroid dienone is 1. The second-order valence-electron chi connectivity index (χ2n) is 6.95. The van der Waals surface area contributed by atoms with Crippen LogP contribution in [0, 0.1) is 0 Å². The molecule has 26 heavy (non-hydrogen) atoms. The van der Waals surface area contributed by atoms with E-state index in [1.54, 1.807) is 6.08 Å². The topological polar surface area (TPSA) is 107 Å². The first-order chi connectivity index (χ1) is 12.4. The summed E-state index contributed by atoms with van der Waals surface area (Å²) in [6.45, 7) is 2.16. The molecule has 0 bridgehead atoms. The van der Waals surface area contributed by atoms with E-state index in [0.29, 0.717) is 25.7 Å². The van der Waals surface area contributed by atoms with E-state index in [0.717, 1.165) is 12.8 Å². The van der Waals surface area contributed by atoms with Crippen molar-refractivity contribution in [3.8, 4) is 0 Å². The average molecular weight is 370 g/mol. The molecule has 0 aliphatic carbocycles. The molecular weight excluding hydrogens is 336 g/mol. The highest BCUT2D eigenvalue weighted by Gasteiger charge is 2.36. The van der Waals surface area contributed by atoms with E-state index < -0.39 is 36.5 Å². The quantitative estimate of drug-likeness (QED) is 0.293. The van der Waals surface area contributed by atoms with E-state index in [4.69, 9.17) is 9.84 Å². The van der Waals surface area contributed by atoms with Crippen LogP contribution in [0.1, 0.15) is 64.7 Å². The summed E-state index contributed by atoms with van der Waals surface area (Å²) >= 11 is 0. The van der Waals surface area contributed by atoms with Gasteiger partial charge in [-0.2, -0.15) is 0 Å². The van der Waals surface area contributed by atoms with Crippen LogP contribution in [0.3, 0.4) is 0 Å². The smallest absolute Gasteiger partial charge is 0.303 e. The van der Waals surface area contributed by atoms with Gasteiger partial charge < -0.3 is 25.2 Å². The van der Waals surface area contributed by atoms with Crippen LogP contribution in [0.4, 0.5) is 0 Å². The average Bonchev–Trinajstić information content (AvgIpc) is 2.96. The molecule has 5 atom stereocenters.